The quantitative estimate of drug-likeness (QED) is 0.549. The standard InChI is InChI=1S/C25H29F3N4O2/c1-15-8-10-32(11-9-15)23-17(4-7-22(30-23)25(26,27)28)13-29-24(34)16(2)20-14-31(3)21-6-5-18(33)12-19(20)21/h4-7,12,14-16,33H,8-11,13H2,1-3H3,(H,29,34). The summed E-state index contributed by atoms with van der Waals surface area (Å²) in [6, 6.07) is 7.39. The number of carbonyl (C=O) groups is 1. The Morgan fingerprint density at radius 2 is 1.94 bits per heavy atom. The summed E-state index contributed by atoms with van der Waals surface area (Å²) >= 11 is 0. The number of alkyl halides is 3. The molecule has 34 heavy (non-hydrogen) atoms. The molecule has 1 aliphatic rings. The lowest BCUT2D eigenvalue weighted by atomic mass is 9.98. The molecular formula is C25H29F3N4O2. The van der Waals surface area contributed by atoms with Crippen LogP contribution in [-0.2, 0) is 24.6 Å². The third-order valence-electron chi connectivity index (χ3n) is 6.65. The Labute approximate surface area is 196 Å². The van der Waals surface area contributed by atoms with Crippen LogP contribution in [0.25, 0.3) is 10.9 Å². The van der Waals surface area contributed by atoms with E-state index in [-0.39, 0.29) is 24.0 Å². The number of fused-ring (bicyclic) bond motifs is 1. The van der Waals surface area contributed by atoms with E-state index in [1.165, 1.54) is 6.07 Å². The summed E-state index contributed by atoms with van der Waals surface area (Å²) in [4.78, 5) is 18.8. The molecule has 4 rings (SSSR count). The molecule has 3 heterocycles. The molecule has 3 aromatic rings. The summed E-state index contributed by atoms with van der Waals surface area (Å²) < 4.78 is 41.9. The zero-order valence-electron chi connectivity index (χ0n) is 19.5. The average Bonchev–Trinajstić information content (AvgIpc) is 3.12. The van der Waals surface area contributed by atoms with Gasteiger partial charge in [0, 0.05) is 49.3 Å². The highest BCUT2D eigenvalue weighted by Crippen LogP contribution is 2.33. The first-order valence-corrected chi connectivity index (χ1v) is 11.4. The number of phenols is 1. The molecule has 1 atom stereocenters. The van der Waals surface area contributed by atoms with Gasteiger partial charge in [-0.1, -0.05) is 13.0 Å². The number of nitrogens with one attached hydrogen (secondary N) is 1. The number of amides is 1. The van der Waals surface area contributed by atoms with Crippen molar-refractivity contribution in [3.8, 4) is 5.75 Å². The summed E-state index contributed by atoms with van der Waals surface area (Å²) in [7, 11) is 1.87. The molecule has 1 saturated heterocycles. The Hall–Kier alpha value is -3.23. The highest BCUT2D eigenvalue weighted by molar-refractivity contribution is 5.92. The molecule has 0 bridgehead atoms. The van der Waals surface area contributed by atoms with Gasteiger partial charge in [-0.25, -0.2) is 4.98 Å². The molecule has 2 N–H and O–H groups in total. The highest BCUT2D eigenvalue weighted by Gasteiger charge is 2.34. The van der Waals surface area contributed by atoms with Gasteiger partial charge in [-0.3, -0.25) is 4.79 Å². The van der Waals surface area contributed by atoms with E-state index in [9.17, 15) is 23.1 Å². The van der Waals surface area contributed by atoms with E-state index in [0.29, 0.717) is 24.6 Å². The van der Waals surface area contributed by atoms with Crippen molar-refractivity contribution in [3.63, 3.8) is 0 Å². The van der Waals surface area contributed by atoms with Crippen LogP contribution in [0.1, 0.15) is 49.4 Å². The molecule has 0 aliphatic carbocycles. The minimum atomic E-state index is -4.53. The minimum Gasteiger partial charge on any atom is -0.508 e. The van der Waals surface area contributed by atoms with E-state index in [2.05, 4.69) is 17.2 Å². The predicted molar refractivity (Wildman–Crippen MR) is 125 cm³/mol. The third-order valence-corrected chi connectivity index (χ3v) is 6.65. The molecule has 1 aliphatic heterocycles. The average molecular weight is 475 g/mol. The molecule has 1 aromatic carbocycles. The Morgan fingerprint density at radius 1 is 1.24 bits per heavy atom. The number of carbonyl (C=O) groups excluding carboxylic acids is 1. The first-order chi connectivity index (χ1) is 16.0. The number of aromatic hydroxyl groups is 1. The maximum atomic E-state index is 13.3. The van der Waals surface area contributed by atoms with Gasteiger partial charge < -0.3 is 19.9 Å². The van der Waals surface area contributed by atoms with E-state index in [4.69, 9.17) is 0 Å². The van der Waals surface area contributed by atoms with Crippen molar-refractivity contribution < 1.29 is 23.1 Å². The van der Waals surface area contributed by atoms with Crippen LogP contribution in [0, 0.1) is 5.92 Å². The number of piperidine rings is 1. The van der Waals surface area contributed by atoms with Gasteiger partial charge in [-0.05, 0) is 55.5 Å². The molecule has 0 radical (unpaired) electrons. The summed E-state index contributed by atoms with van der Waals surface area (Å²) in [6.07, 6.45) is -0.911. The molecular weight excluding hydrogens is 445 g/mol. The maximum absolute atomic E-state index is 13.3. The monoisotopic (exact) mass is 474 g/mol. The van der Waals surface area contributed by atoms with Crippen LogP contribution in [0.5, 0.6) is 5.75 Å². The van der Waals surface area contributed by atoms with Gasteiger partial charge in [0.05, 0.1) is 5.92 Å². The fourth-order valence-corrected chi connectivity index (χ4v) is 4.50. The summed E-state index contributed by atoms with van der Waals surface area (Å²) in [5.41, 5.74) is 1.28. The number of nitrogens with zero attached hydrogens (tertiary/aromatic N) is 3. The Kier molecular flexibility index (Phi) is 6.47. The van der Waals surface area contributed by atoms with Gasteiger partial charge in [0.25, 0.3) is 0 Å². The number of benzene rings is 1. The van der Waals surface area contributed by atoms with Crippen molar-refractivity contribution in [1.29, 1.82) is 0 Å². The fraction of sp³-hybridized carbons (Fsp3) is 0.440. The lowest BCUT2D eigenvalue weighted by molar-refractivity contribution is -0.141. The smallest absolute Gasteiger partial charge is 0.433 e. The topological polar surface area (TPSA) is 70.4 Å². The number of aromatic nitrogens is 2. The maximum Gasteiger partial charge on any atom is 0.433 e. The second-order valence-electron chi connectivity index (χ2n) is 9.18. The summed E-state index contributed by atoms with van der Waals surface area (Å²) in [5.74, 6) is 0.140. The lowest BCUT2D eigenvalue weighted by Crippen LogP contribution is -2.35. The van der Waals surface area contributed by atoms with E-state index >= 15 is 0 Å². The number of hydrogen-bond acceptors (Lipinski definition) is 4. The number of aryl methyl sites for hydroxylation is 1. The second kappa shape index (κ2) is 9.19. The van der Waals surface area contributed by atoms with Gasteiger partial charge in [-0.2, -0.15) is 13.2 Å². The van der Waals surface area contributed by atoms with Gasteiger partial charge in [0.1, 0.15) is 17.3 Å². The van der Waals surface area contributed by atoms with Crippen molar-refractivity contribution in [2.75, 3.05) is 18.0 Å². The summed E-state index contributed by atoms with van der Waals surface area (Å²) in [5, 5.41) is 13.5. The first-order valence-electron chi connectivity index (χ1n) is 11.4. The van der Waals surface area contributed by atoms with Gasteiger partial charge in [0.2, 0.25) is 5.91 Å². The molecule has 1 amide bonds. The van der Waals surface area contributed by atoms with E-state index in [0.717, 1.165) is 35.4 Å². The van der Waals surface area contributed by atoms with Crippen LogP contribution in [-0.4, -0.2) is 33.7 Å². The SMILES string of the molecule is CC1CCN(c2nc(C(F)(F)F)ccc2CNC(=O)C(C)c2cn(C)c3ccc(O)cc23)CC1. The fourth-order valence-electron chi connectivity index (χ4n) is 4.50. The molecule has 9 heteroatoms. The van der Waals surface area contributed by atoms with Crippen LogP contribution < -0.4 is 10.2 Å². The Balaban J connectivity index is 1.56. The van der Waals surface area contributed by atoms with Gasteiger partial charge >= 0.3 is 6.18 Å². The van der Waals surface area contributed by atoms with Gasteiger partial charge in [-0.15, -0.1) is 0 Å². The lowest BCUT2D eigenvalue weighted by Gasteiger charge is -2.33. The largest absolute Gasteiger partial charge is 0.508 e. The van der Waals surface area contributed by atoms with E-state index < -0.39 is 17.8 Å². The third kappa shape index (κ3) is 4.83. The van der Waals surface area contributed by atoms with Crippen molar-refractivity contribution in [2.24, 2.45) is 13.0 Å². The van der Waals surface area contributed by atoms with Gasteiger partial charge in [0.15, 0.2) is 0 Å². The van der Waals surface area contributed by atoms with Crippen LogP contribution in [0.3, 0.4) is 0 Å². The molecule has 0 spiro atoms. The minimum absolute atomic E-state index is 0.0751. The van der Waals surface area contributed by atoms with Crippen molar-refractivity contribution in [1.82, 2.24) is 14.9 Å². The number of hydrogen-bond donors (Lipinski definition) is 2. The van der Waals surface area contributed by atoms with Crippen LogP contribution in [0.4, 0.5) is 19.0 Å². The molecule has 1 fully saturated rings. The zero-order chi connectivity index (χ0) is 24.6. The number of phenolic OH excluding ortho intramolecular Hbond substituents is 1. The molecule has 0 saturated carbocycles. The molecule has 2 aromatic heterocycles. The van der Waals surface area contributed by atoms with E-state index in [1.54, 1.807) is 25.1 Å². The molecule has 6 nitrogen and oxygen atoms in total. The van der Waals surface area contributed by atoms with Crippen molar-refractivity contribution >= 4 is 22.6 Å². The van der Waals surface area contributed by atoms with Crippen molar-refractivity contribution in [3.05, 3.63) is 53.3 Å². The Bertz CT molecular complexity index is 1200. The number of halogens is 3. The molecule has 182 valence electrons. The van der Waals surface area contributed by atoms with Crippen LogP contribution >= 0.6 is 0 Å². The van der Waals surface area contributed by atoms with Crippen LogP contribution in [0.2, 0.25) is 0 Å². The number of pyridine rings is 1. The number of rotatable bonds is 5. The first kappa shape index (κ1) is 23.9. The normalized spacial score (nSPS) is 16.1. The molecule has 1 unspecified atom stereocenters. The predicted octanol–water partition coefficient (Wildman–Crippen LogP) is 4.95. The highest BCUT2D eigenvalue weighted by atomic mass is 19.4. The van der Waals surface area contributed by atoms with Crippen molar-refractivity contribution in [2.45, 2.75) is 45.3 Å². The second-order valence-corrected chi connectivity index (χ2v) is 9.18. The number of anilines is 1. The Morgan fingerprint density at radius 3 is 2.62 bits per heavy atom. The van der Waals surface area contributed by atoms with Crippen LogP contribution in [0.15, 0.2) is 36.5 Å². The zero-order valence-corrected chi connectivity index (χ0v) is 19.5. The van der Waals surface area contributed by atoms with E-state index in [1.807, 2.05) is 22.7 Å². The summed E-state index contributed by atoms with van der Waals surface area (Å²) in [6.45, 7) is 5.24.